The Morgan fingerprint density at radius 3 is 2.71 bits per heavy atom. The van der Waals surface area contributed by atoms with Crippen LogP contribution in [0, 0.1) is 0 Å². The second kappa shape index (κ2) is 5.88. The molecule has 0 bridgehead atoms. The molecule has 1 unspecified atom stereocenters. The fourth-order valence-corrected chi connectivity index (χ4v) is 3.27. The summed E-state index contributed by atoms with van der Waals surface area (Å²) >= 11 is 10.2. The highest BCUT2D eigenvalue weighted by Crippen LogP contribution is 2.36. The molecule has 0 radical (unpaired) electrons. The van der Waals surface area contributed by atoms with Crippen molar-refractivity contribution in [1.29, 1.82) is 0 Å². The van der Waals surface area contributed by atoms with E-state index in [2.05, 4.69) is 59.3 Å². The summed E-state index contributed by atoms with van der Waals surface area (Å²) in [7, 11) is 0. The van der Waals surface area contributed by atoms with Crippen molar-refractivity contribution in [3.63, 3.8) is 0 Å². The van der Waals surface area contributed by atoms with Gasteiger partial charge >= 0.3 is 0 Å². The van der Waals surface area contributed by atoms with Crippen LogP contribution < -0.4 is 0 Å². The average Bonchev–Trinajstić information content (AvgIpc) is 2.37. The molecule has 0 heterocycles. The quantitative estimate of drug-likeness (QED) is 0.601. The number of halogens is 2. The van der Waals surface area contributed by atoms with Gasteiger partial charge in [0.05, 0.1) is 5.38 Å². The molecule has 0 aliphatic heterocycles. The van der Waals surface area contributed by atoms with Gasteiger partial charge in [0, 0.05) is 4.47 Å². The Hall–Kier alpha value is -0.530. The second-order valence-electron chi connectivity index (χ2n) is 4.30. The fourth-order valence-electron chi connectivity index (χ4n) is 2.03. The van der Waals surface area contributed by atoms with Gasteiger partial charge < -0.3 is 0 Å². The number of hydrogen-bond acceptors (Lipinski definition) is 0. The summed E-state index contributed by atoms with van der Waals surface area (Å²) in [6.45, 7) is 2.19. The Balaban J connectivity index is 2.38. The molecule has 17 heavy (non-hydrogen) atoms. The number of unbranched alkanes of at least 4 members (excludes halogenated alkanes) is 1. The summed E-state index contributed by atoms with van der Waals surface area (Å²) in [5.74, 6) is 0. The molecule has 0 aliphatic carbocycles. The van der Waals surface area contributed by atoms with Crippen molar-refractivity contribution in [3.05, 3.63) is 46.4 Å². The number of hydrogen-bond donors (Lipinski definition) is 0. The highest BCUT2D eigenvalue weighted by atomic mass is 79.9. The fraction of sp³-hybridized carbons (Fsp3) is 0.333. The molecule has 0 fully saturated rings. The highest BCUT2D eigenvalue weighted by Gasteiger charge is 2.12. The summed E-state index contributed by atoms with van der Waals surface area (Å²) in [4.78, 5) is 0. The lowest BCUT2D eigenvalue weighted by molar-refractivity contribution is 0.700. The summed E-state index contributed by atoms with van der Waals surface area (Å²) in [5, 5.41) is 2.60. The van der Waals surface area contributed by atoms with Crippen molar-refractivity contribution < 1.29 is 0 Å². The molecule has 0 aromatic heterocycles. The van der Waals surface area contributed by atoms with Gasteiger partial charge in [0.25, 0.3) is 0 Å². The van der Waals surface area contributed by atoms with E-state index in [9.17, 15) is 0 Å². The van der Waals surface area contributed by atoms with Crippen LogP contribution in [0.3, 0.4) is 0 Å². The summed E-state index contributed by atoms with van der Waals surface area (Å²) < 4.78 is 1.15. The lowest BCUT2D eigenvalue weighted by atomic mass is 10.0. The monoisotopic (exact) mass is 310 g/mol. The number of benzene rings is 2. The Morgan fingerprint density at radius 1 is 1.18 bits per heavy atom. The van der Waals surface area contributed by atoms with Gasteiger partial charge in [-0.25, -0.2) is 0 Å². The second-order valence-corrected chi connectivity index (χ2v) is 5.62. The topological polar surface area (TPSA) is 0 Å². The molecule has 0 spiro atoms. The molecule has 0 amide bonds. The number of fused-ring (bicyclic) bond motifs is 1. The molecule has 1 atom stereocenters. The Bertz CT molecular complexity index is 507. The predicted molar refractivity (Wildman–Crippen MR) is 79.8 cm³/mol. The molecule has 0 N–H and O–H groups in total. The van der Waals surface area contributed by atoms with E-state index < -0.39 is 0 Å². The minimum Gasteiger partial charge on any atom is -0.118 e. The summed E-state index contributed by atoms with van der Waals surface area (Å²) in [6, 6.07) is 12.7. The lowest BCUT2D eigenvalue weighted by Gasteiger charge is -2.13. The molecule has 0 saturated carbocycles. The lowest BCUT2D eigenvalue weighted by Crippen LogP contribution is -1.93. The van der Waals surface area contributed by atoms with Gasteiger partial charge in [0.15, 0.2) is 0 Å². The third-order valence-corrected chi connectivity index (χ3v) is 4.38. The van der Waals surface area contributed by atoms with E-state index >= 15 is 0 Å². The Labute approximate surface area is 116 Å². The van der Waals surface area contributed by atoms with Crippen molar-refractivity contribution >= 4 is 38.3 Å². The highest BCUT2D eigenvalue weighted by molar-refractivity contribution is 9.10. The van der Waals surface area contributed by atoms with Crippen LogP contribution in [0.5, 0.6) is 0 Å². The first-order chi connectivity index (χ1) is 8.24. The molecular weight excluding hydrogens is 296 g/mol. The maximum absolute atomic E-state index is 6.46. The van der Waals surface area contributed by atoms with E-state index in [1.807, 2.05) is 0 Å². The molecular formula is C15H16BrCl. The van der Waals surface area contributed by atoms with Gasteiger partial charge in [-0.2, -0.15) is 0 Å². The Kier molecular flexibility index (Phi) is 4.47. The van der Waals surface area contributed by atoms with Gasteiger partial charge in [-0.15, -0.1) is 11.6 Å². The average molecular weight is 312 g/mol. The normalized spacial score (nSPS) is 12.9. The van der Waals surface area contributed by atoms with Crippen molar-refractivity contribution in [2.24, 2.45) is 0 Å². The van der Waals surface area contributed by atoms with Crippen LogP contribution >= 0.6 is 27.5 Å². The molecule has 2 rings (SSSR count). The molecule has 2 aromatic rings. The van der Waals surface area contributed by atoms with Gasteiger partial charge in [0.1, 0.15) is 0 Å². The molecule has 0 aliphatic rings. The van der Waals surface area contributed by atoms with Crippen molar-refractivity contribution in [3.8, 4) is 0 Å². The van der Waals surface area contributed by atoms with Crippen LogP contribution in [0.1, 0.15) is 37.1 Å². The van der Waals surface area contributed by atoms with E-state index in [4.69, 9.17) is 11.6 Å². The third-order valence-electron chi connectivity index (χ3n) is 3.04. The first kappa shape index (κ1) is 12.9. The van der Waals surface area contributed by atoms with Crippen LogP contribution in [0.2, 0.25) is 0 Å². The standard InChI is InChI=1S/C15H16BrCl/c1-2-3-8-14(17)13-10-9-11-6-4-5-7-12(11)15(13)16/h4-7,9-10,14H,2-3,8H2,1H3. The van der Waals surface area contributed by atoms with E-state index in [0.717, 1.165) is 10.9 Å². The van der Waals surface area contributed by atoms with Crippen LogP contribution in [0.15, 0.2) is 40.9 Å². The first-order valence-electron chi connectivity index (χ1n) is 6.05. The van der Waals surface area contributed by atoms with E-state index in [-0.39, 0.29) is 5.38 Å². The minimum absolute atomic E-state index is 0.105. The predicted octanol–water partition coefficient (Wildman–Crippen LogP) is 6.07. The van der Waals surface area contributed by atoms with Crippen LogP contribution in [0.25, 0.3) is 10.8 Å². The largest absolute Gasteiger partial charge is 0.118 e. The summed E-state index contributed by atoms with van der Waals surface area (Å²) in [5.41, 5.74) is 1.21. The molecule has 90 valence electrons. The van der Waals surface area contributed by atoms with Crippen molar-refractivity contribution in [2.75, 3.05) is 0 Å². The van der Waals surface area contributed by atoms with Gasteiger partial charge in [-0.1, -0.05) is 56.2 Å². The summed E-state index contributed by atoms with van der Waals surface area (Å²) in [6.07, 6.45) is 3.40. The number of rotatable bonds is 4. The van der Waals surface area contributed by atoms with Crippen LogP contribution in [-0.2, 0) is 0 Å². The SMILES string of the molecule is CCCCC(Cl)c1ccc2ccccc2c1Br. The van der Waals surface area contributed by atoms with Gasteiger partial charge in [-0.05, 0) is 38.7 Å². The molecule has 0 saturated heterocycles. The molecule has 2 aromatic carbocycles. The number of alkyl halides is 1. The zero-order valence-corrected chi connectivity index (χ0v) is 12.3. The zero-order chi connectivity index (χ0) is 12.3. The van der Waals surface area contributed by atoms with E-state index in [1.54, 1.807) is 0 Å². The van der Waals surface area contributed by atoms with Crippen molar-refractivity contribution in [1.82, 2.24) is 0 Å². The zero-order valence-electron chi connectivity index (χ0n) is 9.92. The maximum atomic E-state index is 6.46. The van der Waals surface area contributed by atoms with Crippen LogP contribution in [0.4, 0.5) is 0 Å². The Morgan fingerprint density at radius 2 is 1.94 bits per heavy atom. The van der Waals surface area contributed by atoms with Gasteiger partial charge in [-0.3, -0.25) is 0 Å². The van der Waals surface area contributed by atoms with Crippen LogP contribution in [-0.4, -0.2) is 0 Å². The van der Waals surface area contributed by atoms with E-state index in [1.165, 1.54) is 29.2 Å². The molecule has 0 nitrogen and oxygen atoms in total. The maximum Gasteiger partial charge on any atom is 0.0596 e. The van der Waals surface area contributed by atoms with Crippen molar-refractivity contribution in [2.45, 2.75) is 31.6 Å². The smallest absolute Gasteiger partial charge is 0.0596 e. The third kappa shape index (κ3) is 2.83. The van der Waals surface area contributed by atoms with E-state index in [0.29, 0.717) is 0 Å². The minimum atomic E-state index is 0.105. The molecule has 2 heteroatoms. The van der Waals surface area contributed by atoms with Gasteiger partial charge in [0.2, 0.25) is 0 Å². The first-order valence-corrected chi connectivity index (χ1v) is 7.28.